The Hall–Kier alpha value is -2.90. The van der Waals surface area contributed by atoms with E-state index in [0.29, 0.717) is 16.5 Å². The van der Waals surface area contributed by atoms with Crippen LogP contribution in [0.2, 0.25) is 0 Å². The van der Waals surface area contributed by atoms with Gasteiger partial charge in [-0.2, -0.15) is 26.3 Å². The fraction of sp³-hybridized carbons (Fsp3) is 0.429. The number of alkyl halides is 6. The minimum atomic E-state index is -5.31. The van der Waals surface area contributed by atoms with Crippen LogP contribution >= 0.6 is 15.9 Å². The minimum Gasteiger partial charge on any atom is -0.356 e. The second kappa shape index (κ2) is 9.28. The molecule has 2 aliphatic rings. The lowest BCUT2D eigenvalue weighted by molar-refractivity contribution is -0.146. The Morgan fingerprint density at radius 2 is 1.80 bits per heavy atom. The first-order valence-corrected chi connectivity index (χ1v) is 11.3. The van der Waals surface area contributed by atoms with Gasteiger partial charge in [0, 0.05) is 36.9 Å². The van der Waals surface area contributed by atoms with Gasteiger partial charge in [0.15, 0.2) is 11.4 Å². The topological polar surface area (TPSA) is 87.2 Å². The van der Waals surface area contributed by atoms with Gasteiger partial charge in [0.05, 0.1) is 0 Å². The number of carbonyl (C=O) groups excluding carboxylic acids is 2. The highest BCUT2D eigenvalue weighted by atomic mass is 79.9. The lowest BCUT2D eigenvalue weighted by atomic mass is 10.0. The van der Waals surface area contributed by atoms with Crippen LogP contribution in [0.4, 0.5) is 38.0 Å². The van der Waals surface area contributed by atoms with Gasteiger partial charge >= 0.3 is 12.4 Å². The maximum atomic E-state index is 13.9. The summed E-state index contributed by atoms with van der Waals surface area (Å²) in [6, 6.07) is 5.33. The maximum Gasteiger partial charge on any atom is 0.435 e. The van der Waals surface area contributed by atoms with Crippen LogP contribution in [-0.4, -0.2) is 34.9 Å². The summed E-state index contributed by atoms with van der Waals surface area (Å²) in [5.41, 5.74) is -3.70. The van der Waals surface area contributed by atoms with Crippen LogP contribution in [-0.2, 0) is 34.9 Å². The number of aromatic nitrogens is 2. The average Bonchev–Trinajstić information content (AvgIpc) is 3.16. The number of benzene rings is 1. The molecule has 0 saturated carbocycles. The van der Waals surface area contributed by atoms with Crippen LogP contribution in [0.15, 0.2) is 22.7 Å². The maximum absolute atomic E-state index is 13.9. The molecule has 35 heavy (non-hydrogen) atoms. The number of rotatable bonds is 4. The fourth-order valence-corrected chi connectivity index (χ4v) is 4.62. The molecule has 4 rings (SSSR count). The molecule has 1 fully saturated rings. The Morgan fingerprint density at radius 1 is 1.14 bits per heavy atom. The van der Waals surface area contributed by atoms with E-state index in [4.69, 9.17) is 0 Å². The number of hydrogen-bond donors (Lipinski definition) is 2. The van der Waals surface area contributed by atoms with Crippen molar-refractivity contribution in [2.24, 2.45) is 5.92 Å². The molecule has 0 spiro atoms. The Balaban J connectivity index is 1.72. The lowest BCUT2D eigenvalue weighted by Crippen LogP contribution is -2.34. The van der Waals surface area contributed by atoms with Gasteiger partial charge in [-0.25, -0.2) is 9.97 Å². The van der Waals surface area contributed by atoms with Gasteiger partial charge in [-0.05, 0) is 29.5 Å². The van der Waals surface area contributed by atoms with Crippen molar-refractivity contribution in [3.8, 4) is 0 Å². The van der Waals surface area contributed by atoms with E-state index < -0.39 is 53.6 Å². The number of nitrogens with one attached hydrogen (secondary N) is 2. The normalized spacial score (nSPS) is 18.3. The zero-order valence-corrected chi connectivity index (χ0v) is 19.4. The van der Waals surface area contributed by atoms with Crippen molar-refractivity contribution in [1.82, 2.24) is 15.3 Å². The third-order valence-electron chi connectivity index (χ3n) is 5.73. The Morgan fingerprint density at radius 3 is 2.37 bits per heavy atom. The van der Waals surface area contributed by atoms with Crippen molar-refractivity contribution in [1.29, 1.82) is 0 Å². The van der Waals surface area contributed by atoms with E-state index >= 15 is 0 Å². The van der Waals surface area contributed by atoms with Crippen LogP contribution < -0.4 is 15.5 Å². The van der Waals surface area contributed by atoms with Crippen LogP contribution in [0.3, 0.4) is 0 Å². The number of carbonyl (C=O) groups is 2. The van der Waals surface area contributed by atoms with E-state index in [-0.39, 0.29) is 32.0 Å². The van der Waals surface area contributed by atoms with E-state index in [9.17, 15) is 35.9 Å². The molecule has 0 bridgehead atoms. The van der Waals surface area contributed by atoms with Gasteiger partial charge in [0.2, 0.25) is 17.8 Å². The number of halogens is 7. The third-order valence-corrected chi connectivity index (χ3v) is 6.48. The summed E-state index contributed by atoms with van der Waals surface area (Å²) in [4.78, 5) is 31.7. The second-order valence-corrected chi connectivity index (χ2v) is 9.12. The quantitative estimate of drug-likeness (QED) is 0.540. The van der Waals surface area contributed by atoms with Crippen molar-refractivity contribution in [2.75, 3.05) is 23.3 Å². The number of fused-ring (bicyclic) bond motifs is 1. The van der Waals surface area contributed by atoms with Gasteiger partial charge < -0.3 is 15.5 Å². The van der Waals surface area contributed by atoms with E-state index in [1.807, 2.05) is 6.07 Å². The fourth-order valence-electron chi connectivity index (χ4n) is 4.09. The molecular formula is C21H18BrF6N5O2. The van der Waals surface area contributed by atoms with Gasteiger partial charge in [-0.1, -0.05) is 28.1 Å². The summed E-state index contributed by atoms with van der Waals surface area (Å²) in [5.74, 6) is -2.74. The lowest BCUT2D eigenvalue weighted by Gasteiger charge is -2.31. The molecule has 3 heterocycles. The molecule has 188 valence electrons. The molecule has 1 aromatic heterocycles. The molecule has 0 aliphatic carbocycles. The second-order valence-electron chi connectivity index (χ2n) is 8.27. The van der Waals surface area contributed by atoms with Crippen molar-refractivity contribution < 1.29 is 35.9 Å². The SMILES string of the molecule is O=C1CC(CC(=O)Nc2c(C(F)(F)F)nc(N3CCc4cccc(Br)c4C3)nc2C(F)(F)F)CN1. The summed E-state index contributed by atoms with van der Waals surface area (Å²) in [5, 5.41) is 4.17. The molecule has 2 aliphatic heterocycles. The molecule has 2 amide bonds. The minimum absolute atomic E-state index is 0.000233. The first-order chi connectivity index (χ1) is 16.3. The van der Waals surface area contributed by atoms with Gasteiger partial charge in [0.1, 0.15) is 5.69 Å². The van der Waals surface area contributed by atoms with Crippen molar-refractivity contribution in [3.63, 3.8) is 0 Å². The highest BCUT2D eigenvalue weighted by Gasteiger charge is 2.45. The number of hydrogen-bond acceptors (Lipinski definition) is 5. The Bertz CT molecular complexity index is 1130. The number of nitrogens with zero attached hydrogens (tertiary/aromatic N) is 3. The number of anilines is 2. The molecule has 2 aromatic rings. The average molecular weight is 566 g/mol. The smallest absolute Gasteiger partial charge is 0.356 e. The monoisotopic (exact) mass is 565 g/mol. The molecule has 2 N–H and O–H groups in total. The summed E-state index contributed by atoms with van der Waals surface area (Å²) in [7, 11) is 0. The Labute approximate surface area is 203 Å². The van der Waals surface area contributed by atoms with Crippen LogP contribution in [0, 0.1) is 5.92 Å². The van der Waals surface area contributed by atoms with Gasteiger partial charge in [0.25, 0.3) is 0 Å². The highest BCUT2D eigenvalue weighted by Crippen LogP contribution is 2.42. The van der Waals surface area contributed by atoms with Crippen molar-refractivity contribution in [2.45, 2.75) is 38.2 Å². The van der Waals surface area contributed by atoms with Gasteiger partial charge in [-0.15, -0.1) is 0 Å². The van der Waals surface area contributed by atoms with Crippen LogP contribution in [0.5, 0.6) is 0 Å². The van der Waals surface area contributed by atoms with Crippen LogP contribution in [0.25, 0.3) is 0 Å². The third kappa shape index (κ3) is 5.52. The largest absolute Gasteiger partial charge is 0.435 e. The van der Waals surface area contributed by atoms with E-state index in [1.165, 1.54) is 4.90 Å². The molecule has 0 radical (unpaired) electrons. The molecule has 1 atom stereocenters. The van der Waals surface area contributed by atoms with Crippen molar-refractivity contribution in [3.05, 3.63) is 45.2 Å². The van der Waals surface area contributed by atoms with Crippen molar-refractivity contribution >= 4 is 39.4 Å². The summed E-state index contributed by atoms with van der Waals surface area (Å²) < 4.78 is 84.0. The summed E-state index contributed by atoms with van der Waals surface area (Å²) >= 11 is 3.35. The molecular weight excluding hydrogens is 548 g/mol. The zero-order chi connectivity index (χ0) is 25.5. The summed E-state index contributed by atoms with van der Waals surface area (Å²) in [6.45, 7) is 0.207. The first kappa shape index (κ1) is 25.2. The zero-order valence-electron chi connectivity index (χ0n) is 17.9. The van der Waals surface area contributed by atoms with E-state index in [2.05, 4.69) is 31.2 Å². The molecule has 1 aromatic carbocycles. The van der Waals surface area contributed by atoms with Gasteiger partial charge in [-0.3, -0.25) is 9.59 Å². The molecule has 7 nitrogen and oxygen atoms in total. The van der Waals surface area contributed by atoms with Crippen LogP contribution in [0.1, 0.15) is 35.4 Å². The van der Waals surface area contributed by atoms with E-state index in [1.54, 1.807) is 17.4 Å². The molecule has 1 unspecified atom stereocenters. The first-order valence-electron chi connectivity index (χ1n) is 10.5. The molecule has 1 saturated heterocycles. The standard InChI is InChI=1S/C21H18BrF6N5O2/c22-13-3-1-2-11-4-5-33(9-12(11)13)19-31-17(20(23,24)25)16(18(32-19)21(26,27)28)30-15(35)7-10-6-14(34)29-8-10/h1-3,10H,4-9H2,(H,29,34)(H,30,35). The molecule has 14 heteroatoms. The predicted octanol–water partition coefficient (Wildman–Crippen LogP) is 4.30. The summed E-state index contributed by atoms with van der Waals surface area (Å²) in [6.07, 6.45) is -10.7. The number of amides is 2. The van der Waals surface area contributed by atoms with E-state index in [0.717, 1.165) is 5.56 Å². The Kier molecular flexibility index (Phi) is 6.68. The highest BCUT2D eigenvalue weighted by molar-refractivity contribution is 9.10. The predicted molar refractivity (Wildman–Crippen MR) is 115 cm³/mol.